The van der Waals surface area contributed by atoms with Crippen molar-refractivity contribution in [3.63, 3.8) is 0 Å². The number of aromatic hydroxyl groups is 2. The lowest BCUT2D eigenvalue weighted by Crippen LogP contribution is -2.31. The molecule has 0 spiro atoms. The smallest absolute Gasteiger partial charge is 0.168 e. The van der Waals surface area contributed by atoms with Crippen LogP contribution >= 0.6 is 0 Å². The number of aryl methyl sites for hydroxylation is 4. The number of ether oxygens (including phenoxy) is 5. The molecule has 608 valence electrons. The number of rotatable bonds is 14. The van der Waals surface area contributed by atoms with Gasteiger partial charge in [-0.3, -0.25) is 33.6 Å². The van der Waals surface area contributed by atoms with E-state index in [0.29, 0.717) is 31.6 Å². The zero-order valence-corrected chi connectivity index (χ0v) is 70.2. The Kier molecular flexibility index (Phi) is 29.8. The van der Waals surface area contributed by atoms with Crippen molar-refractivity contribution in [2.24, 2.45) is 32.5 Å². The second kappa shape index (κ2) is 37.9. The molecule has 0 heterocycles. The Labute approximate surface area is 675 Å². The number of hydrogen-bond acceptors (Lipinski definition) is 16. The summed E-state index contributed by atoms with van der Waals surface area (Å²) < 4.78 is 26.5. The lowest BCUT2D eigenvalue weighted by Gasteiger charge is -2.31. The second-order valence-electron chi connectivity index (χ2n) is 34.5. The fourth-order valence-electron chi connectivity index (χ4n) is 15.8. The van der Waals surface area contributed by atoms with E-state index in [9.17, 15) is 48.9 Å². The van der Waals surface area contributed by atoms with Gasteiger partial charge in [0.2, 0.25) is 0 Å². The zero-order valence-electron chi connectivity index (χ0n) is 70.2. The fraction of sp³-hybridized carbons (Fsp3) is 0.439. The third-order valence-electron chi connectivity index (χ3n) is 23.5. The van der Waals surface area contributed by atoms with E-state index in [4.69, 9.17) is 28.8 Å². The quantitative estimate of drug-likeness (QED) is 0.0739. The average Bonchev–Trinajstić information content (AvgIpc) is 0.792. The third kappa shape index (κ3) is 20.9. The molecule has 0 fully saturated rings. The fourth-order valence-corrected chi connectivity index (χ4v) is 15.8. The van der Waals surface area contributed by atoms with Crippen LogP contribution in [-0.4, -0.2) is 109 Å². The molecule has 14 rings (SSSR count). The van der Waals surface area contributed by atoms with Crippen molar-refractivity contribution in [2.45, 2.75) is 205 Å². The van der Waals surface area contributed by atoms with E-state index in [-0.39, 0.29) is 91.1 Å². The van der Waals surface area contributed by atoms with Crippen LogP contribution in [-0.2, 0) is 64.2 Å². The summed E-state index contributed by atoms with van der Waals surface area (Å²) in [6.45, 7) is 35.3. The highest BCUT2D eigenvalue weighted by molar-refractivity contribution is 6.06. The predicted octanol–water partition coefficient (Wildman–Crippen LogP) is 19.6. The molecule has 0 aliphatic heterocycles. The van der Waals surface area contributed by atoms with Crippen LogP contribution in [0.15, 0.2) is 147 Å². The molecule has 7 aromatic rings. The largest absolute Gasteiger partial charge is 0.508 e. The van der Waals surface area contributed by atoms with Crippen LogP contribution in [0.4, 0.5) is 0 Å². The molecular weight excluding hydrogens is 1430 g/mol. The van der Waals surface area contributed by atoms with Crippen LogP contribution in [0.25, 0.3) is 0 Å². The molecule has 1 atom stereocenters. The Morgan fingerprint density at radius 1 is 0.377 bits per heavy atom. The Balaban J connectivity index is 0.000000167. The standard InChI is InChI=1S/C16H22O4.C16H20O2.2C15H18O2.C13H16O2.C12H14O2.C11H12O2/c1-16(2)7-6-11-12(15(16)19)4-5-14(20-3)13(11)8-10(18)9-17;1-5-6-12-11-9-10-16(2,3)15(17)13(11)7-8-14(12)18-4;1-4-9-17-12-5-6-13-11(10-12)7-8-15(2,3)14(13)16;1-4-5-11-10-8-9-15(2,3)14(17)12(10)6-7-13(11)16;1-13(2)7-6-9-8-10(15-3)4-5-11(9)12(13)14;1-12(2)6-5-8-7-9(13)3-4-10(8)11(12)14;1-13-9-5-6-10-8(7-9)3-2-4-11(10)12/h4-5,10,17-18H,6-9H2,1-3H3;5,7-8H,1,6,9-10H2,2-4H3;4-6,10H,1,7-9H2,2-3H3;4,6-7,16H,1,5,8-9H2,2-3H3;4-5,8H,6-7H2,1-3H3;3-4,7,13H,5-6H2,1-2H3;5-7H,2-4H2,1H3. The van der Waals surface area contributed by atoms with Crippen molar-refractivity contribution in [3.8, 4) is 40.2 Å². The molecule has 7 aliphatic carbocycles. The number of carbonyl (C=O) groups is 7. The molecule has 16 nitrogen and oxygen atoms in total. The molecule has 0 aromatic heterocycles. The normalized spacial score (nSPS) is 17.7. The molecule has 114 heavy (non-hydrogen) atoms. The van der Waals surface area contributed by atoms with Gasteiger partial charge in [-0.15, -0.1) is 13.2 Å². The van der Waals surface area contributed by atoms with Crippen LogP contribution in [0.5, 0.6) is 40.2 Å². The number of phenols is 2. The van der Waals surface area contributed by atoms with Gasteiger partial charge in [0.25, 0.3) is 0 Å². The second-order valence-corrected chi connectivity index (χ2v) is 34.5. The summed E-state index contributed by atoms with van der Waals surface area (Å²) in [5, 5.41) is 37.9. The van der Waals surface area contributed by atoms with Crippen LogP contribution in [0.2, 0.25) is 0 Å². The minimum atomic E-state index is -0.833. The predicted molar refractivity (Wildman–Crippen MR) is 451 cm³/mol. The Morgan fingerprint density at radius 2 is 0.719 bits per heavy atom. The summed E-state index contributed by atoms with van der Waals surface area (Å²) in [6, 6.07) is 32.9. The number of carbonyl (C=O) groups excluding carboxylic acids is 7. The monoisotopic (exact) mass is 1550 g/mol. The van der Waals surface area contributed by atoms with Crippen molar-refractivity contribution in [1.29, 1.82) is 0 Å². The van der Waals surface area contributed by atoms with Crippen molar-refractivity contribution in [2.75, 3.05) is 41.7 Å². The molecule has 16 heteroatoms. The number of allylic oxidation sites excluding steroid dienone is 2. The number of ketones is 7. The minimum absolute atomic E-state index is 0.140. The van der Waals surface area contributed by atoms with E-state index in [0.717, 1.165) is 214 Å². The first-order chi connectivity index (χ1) is 53.8. The number of fused-ring (bicyclic) bond motifs is 7. The van der Waals surface area contributed by atoms with E-state index in [1.807, 2.05) is 162 Å². The van der Waals surface area contributed by atoms with Crippen LogP contribution in [0.1, 0.15) is 263 Å². The Bertz CT molecular complexity index is 4760. The van der Waals surface area contributed by atoms with E-state index in [1.54, 1.807) is 77.0 Å². The average molecular weight is 1550 g/mol. The maximum atomic E-state index is 12.5. The highest BCUT2D eigenvalue weighted by atomic mass is 16.5. The molecule has 0 bridgehead atoms. The van der Waals surface area contributed by atoms with Crippen LogP contribution in [0.3, 0.4) is 0 Å². The molecule has 0 saturated carbocycles. The number of benzene rings is 7. The van der Waals surface area contributed by atoms with Crippen LogP contribution < -0.4 is 23.7 Å². The lowest BCUT2D eigenvalue weighted by atomic mass is 9.71. The first-order valence-electron chi connectivity index (χ1n) is 39.9. The maximum absolute atomic E-state index is 12.5. The number of hydrogen-bond donors (Lipinski definition) is 4. The molecule has 0 saturated heterocycles. The molecule has 4 N–H and O–H groups in total. The molecule has 0 radical (unpaired) electrons. The number of aliphatic hydroxyl groups is 2. The summed E-state index contributed by atoms with van der Waals surface area (Å²) in [5.41, 5.74) is 14.5. The SMILES string of the molecule is C=CCOc1ccc2c(c1)CCC(C)(C)C2=O.C=CCc1c(O)ccc2c1CCC(C)(C)C2=O.C=CCc1c(OC)ccc2c1CCC(C)(C)C2=O.CC1(C)CCc2cc(O)ccc2C1=O.COc1ccc2c(c1)CCC(C)(C)C2=O.COc1ccc2c(c1)CCCC2=O.COc1ccc2c(c1CC(O)CO)CCC(C)(C)C2=O. The molecular formula is C98H120O16. The Hall–Kier alpha value is -10.0. The summed E-state index contributed by atoms with van der Waals surface area (Å²) in [7, 11) is 6.54. The van der Waals surface area contributed by atoms with Crippen LogP contribution in [0, 0.1) is 32.5 Å². The summed E-state index contributed by atoms with van der Waals surface area (Å²) in [5.74, 6) is 6.08. The van der Waals surface area contributed by atoms with E-state index in [1.165, 1.54) is 0 Å². The minimum Gasteiger partial charge on any atom is -0.508 e. The van der Waals surface area contributed by atoms with Gasteiger partial charge in [0.05, 0.1) is 41.2 Å². The molecule has 7 aliphatic rings. The van der Waals surface area contributed by atoms with E-state index < -0.39 is 6.10 Å². The highest BCUT2D eigenvalue weighted by Gasteiger charge is 2.41. The molecule has 7 aromatic carbocycles. The van der Waals surface area contributed by atoms with Gasteiger partial charge in [0.15, 0.2) is 40.5 Å². The first-order valence-corrected chi connectivity index (χ1v) is 39.9. The Morgan fingerprint density at radius 3 is 1.14 bits per heavy atom. The van der Waals surface area contributed by atoms with Gasteiger partial charge in [0.1, 0.15) is 46.9 Å². The van der Waals surface area contributed by atoms with E-state index >= 15 is 0 Å². The van der Waals surface area contributed by atoms with Gasteiger partial charge in [-0.1, -0.05) is 108 Å². The number of Topliss-reactive ketones (excluding diaryl/α,β-unsaturated/α-hetero) is 7. The van der Waals surface area contributed by atoms with Crippen molar-refractivity contribution in [1.82, 2.24) is 0 Å². The number of aliphatic hydroxyl groups excluding tert-OH is 2. The summed E-state index contributed by atoms with van der Waals surface area (Å²) in [6.07, 6.45) is 19.4. The molecule has 0 amide bonds. The summed E-state index contributed by atoms with van der Waals surface area (Å²) in [4.78, 5) is 84.9. The van der Waals surface area contributed by atoms with Gasteiger partial charge >= 0.3 is 0 Å². The topological polar surface area (TPSA) is 247 Å². The van der Waals surface area contributed by atoms with Gasteiger partial charge in [-0.25, -0.2) is 0 Å². The lowest BCUT2D eigenvalue weighted by molar-refractivity contribution is 0.0802. The first kappa shape index (κ1) is 89.5. The van der Waals surface area contributed by atoms with Crippen molar-refractivity contribution >= 4 is 40.5 Å². The third-order valence-corrected chi connectivity index (χ3v) is 23.5. The number of methoxy groups -OCH3 is 4. The molecule has 1 unspecified atom stereocenters. The van der Waals surface area contributed by atoms with Gasteiger partial charge < -0.3 is 44.1 Å². The van der Waals surface area contributed by atoms with Gasteiger partial charge in [0, 0.05) is 101 Å². The summed E-state index contributed by atoms with van der Waals surface area (Å²) >= 11 is 0. The van der Waals surface area contributed by atoms with E-state index in [2.05, 4.69) is 19.7 Å². The van der Waals surface area contributed by atoms with Crippen molar-refractivity contribution < 1.29 is 77.7 Å². The van der Waals surface area contributed by atoms with Crippen molar-refractivity contribution in [3.05, 3.63) is 242 Å². The number of phenolic OH excluding ortho intramolecular Hbond substituents is 2. The van der Waals surface area contributed by atoms with Gasteiger partial charge in [-0.2, -0.15) is 0 Å². The van der Waals surface area contributed by atoms with Gasteiger partial charge in [-0.05, 0) is 251 Å². The highest BCUT2D eigenvalue weighted by Crippen LogP contribution is 2.44. The zero-order chi connectivity index (χ0) is 84.0. The maximum Gasteiger partial charge on any atom is 0.168 e.